The number of para-hydroxylation sites is 1. The Kier molecular flexibility index (Phi) is 6.32. The van der Waals surface area contributed by atoms with Crippen LogP contribution in [0.1, 0.15) is 53.1 Å². The number of carbonyl (C=O) groups is 2. The van der Waals surface area contributed by atoms with Gasteiger partial charge >= 0.3 is 0 Å². The van der Waals surface area contributed by atoms with Gasteiger partial charge in [-0.3, -0.25) is 14.5 Å². The van der Waals surface area contributed by atoms with Gasteiger partial charge in [-0.2, -0.15) is 0 Å². The van der Waals surface area contributed by atoms with E-state index in [-0.39, 0.29) is 11.8 Å². The average Bonchev–Trinajstić information content (AvgIpc) is 3.63. The van der Waals surface area contributed by atoms with Crippen LogP contribution in [0.2, 0.25) is 0 Å². The van der Waals surface area contributed by atoms with E-state index in [9.17, 15) is 9.59 Å². The molecular formula is C29H32N4O3. The van der Waals surface area contributed by atoms with Gasteiger partial charge in [0.05, 0.1) is 29.6 Å². The topological polar surface area (TPSA) is 69.9 Å². The summed E-state index contributed by atoms with van der Waals surface area (Å²) in [5.41, 5.74) is 4.74. The highest BCUT2D eigenvalue weighted by Gasteiger charge is 2.30. The number of aromatic nitrogens is 1. The van der Waals surface area contributed by atoms with Crippen LogP contribution in [-0.2, 0) is 11.2 Å². The highest BCUT2D eigenvalue weighted by molar-refractivity contribution is 6.09. The molecule has 2 aliphatic heterocycles. The quantitative estimate of drug-likeness (QED) is 0.558. The molecule has 0 unspecified atom stereocenters. The summed E-state index contributed by atoms with van der Waals surface area (Å²) in [6.07, 6.45) is 8.69. The Morgan fingerprint density at radius 3 is 2.47 bits per heavy atom. The van der Waals surface area contributed by atoms with Gasteiger partial charge < -0.3 is 14.2 Å². The largest absolute Gasteiger partial charge is 0.465 e. The van der Waals surface area contributed by atoms with Gasteiger partial charge in [-0.25, -0.2) is 4.98 Å². The van der Waals surface area contributed by atoms with Crippen molar-refractivity contribution in [3.8, 4) is 0 Å². The second kappa shape index (κ2) is 9.90. The zero-order chi connectivity index (χ0) is 24.5. The first-order valence-electron chi connectivity index (χ1n) is 13.1. The SMILES string of the molecule is O=C(CN1CCN(C(=O)c2c3c(nc4ccccc24)/C(=C\c2ccco2)CCC3)CC1)N1CCCC1. The van der Waals surface area contributed by atoms with Gasteiger partial charge in [0.15, 0.2) is 0 Å². The first kappa shape index (κ1) is 23.0. The molecule has 1 aliphatic carbocycles. The molecule has 0 N–H and O–H groups in total. The molecule has 2 fully saturated rings. The number of amides is 2. The molecule has 0 atom stereocenters. The van der Waals surface area contributed by atoms with Crippen LogP contribution < -0.4 is 0 Å². The molecule has 0 saturated carbocycles. The lowest BCUT2D eigenvalue weighted by Crippen LogP contribution is -2.51. The van der Waals surface area contributed by atoms with E-state index >= 15 is 0 Å². The van der Waals surface area contributed by atoms with E-state index in [1.807, 2.05) is 46.2 Å². The fraction of sp³-hybridized carbons (Fsp3) is 0.414. The molecule has 2 saturated heterocycles. The number of likely N-dealkylation sites (tertiary alicyclic amines) is 1. The Labute approximate surface area is 211 Å². The summed E-state index contributed by atoms with van der Waals surface area (Å²) in [4.78, 5) is 37.7. The van der Waals surface area contributed by atoms with Crippen molar-refractivity contribution in [2.75, 3.05) is 45.8 Å². The third-order valence-corrected chi connectivity index (χ3v) is 7.72. The molecule has 186 valence electrons. The lowest BCUT2D eigenvalue weighted by molar-refractivity contribution is -0.131. The molecule has 7 nitrogen and oxygen atoms in total. The molecule has 7 heteroatoms. The van der Waals surface area contributed by atoms with E-state index in [1.165, 1.54) is 0 Å². The number of carbonyl (C=O) groups excluding carboxylic acids is 2. The number of pyridine rings is 1. The van der Waals surface area contributed by atoms with E-state index < -0.39 is 0 Å². The van der Waals surface area contributed by atoms with Gasteiger partial charge in [0.25, 0.3) is 5.91 Å². The van der Waals surface area contributed by atoms with E-state index in [1.54, 1.807) is 6.26 Å². The van der Waals surface area contributed by atoms with E-state index in [0.29, 0.717) is 19.6 Å². The predicted molar refractivity (Wildman–Crippen MR) is 139 cm³/mol. The Bertz CT molecular complexity index is 1300. The number of hydrogen-bond donors (Lipinski definition) is 0. The monoisotopic (exact) mass is 484 g/mol. The minimum atomic E-state index is 0.0784. The van der Waals surface area contributed by atoms with Crippen molar-refractivity contribution in [3.63, 3.8) is 0 Å². The molecule has 0 radical (unpaired) electrons. The maximum absolute atomic E-state index is 14.0. The van der Waals surface area contributed by atoms with Crippen molar-refractivity contribution < 1.29 is 14.0 Å². The number of rotatable bonds is 4. The van der Waals surface area contributed by atoms with Crippen LogP contribution >= 0.6 is 0 Å². The van der Waals surface area contributed by atoms with Crippen LogP contribution in [0.5, 0.6) is 0 Å². The van der Waals surface area contributed by atoms with Crippen molar-refractivity contribution in [2.45, 2.75) is 32.1 Å². The summed E-state index contributed by atoms with van der Waals surface area (Å²) in [6.45, 7) is 4.93. The fourth-order valence-corrected chi connectivity index (χ4v) is 5.79. The fourth-order valence-electron chi connectivity index (χ4n) is 5.79. The van der Waals surface area contributed by atoms with Crippen LogP contribution in [0.15, 0.2) is 47.1 Å². The maximum Gasteiger partial charge on any atom is 0.254 e. The maximum atomic E-state index is 14.0. The molecule has 6 rings (SSSR count). The molecule has 1 aromatic carbocycles. The van der Waals surface area contributed by atoms with Crippen LogP contribution in [0, 0.1) is 0 Å². The summed E-state index contributed by atoms with van der Waals surface area (Å²) < 4.78 is 5.57. The van der Waals surface area contributed by atoms with Crippen LogP contribution in [0.3, 0.4) is 0 Å². The van der Waals surface area contributed by atoms with Crippen molar-refractivity contribution in [1.82, 2.24) is 19.7 Å². The zero-order valence-corrected chi connectivity index (χ0v) is 20.6. The van der Waals surface area contributed by atoms with Gasteiger partial charge in [0, 0.05) is 44.7 Å². The van der Waals surface area contributed by atoms with E-state index in [2.05, 4.69) is 11.0 Å². The Morgan fingerprint density at radius 2 is 1.69 bits per heavy atom. The second-order valence-electron chi connectivity index (χ2n) is 10.0. The number of nitrogens with zero attached hydrogens (tertiary/aromatic N) is 4. The van der Waals surface area contributed by atoms with E-state index in [4.69, 9.17) is 9.40 Å². The molecule has 2 amide bonds. The molecule has 0 spiro atoms. The van der Waals surface area contributed by atoms with Crippen molar-refractivity contribution in [3.05, 3.63) is 65.2 Å². The molecule has 3 aliphatic rings. The highest BCUT2D eigenvalue weighted by Crippen LogP contribution is 2.36. The molecule has 2 aromatic heterocycles. The molecule has 4 heterocycles. The smallest absolute Gasteiger partial charge is 0.254 e. The first-order valence-corrected chi connectivity index (χ1v) is 13.1. The van der Waals surface area contributed by atoms with E-state index in [0.717, 1.165) is 97.3 Å². The number of furan rings is 1. The van der Waals surface area contributed by atoms with Crippen LogP contribution in [0.4, 0.5) is 0 Å². The van der Waals surface area contributed by atoms with Crippen molar-refractivity contribution in [2.24, 2.45) is 0 Å². The Morgan fingerprint density at radius 1 is 0.889 bits per heavy atom. The summed E-state index contributed by atoms with van der Waals surface area (Å²) in [5, 5.41) is 0.923. The van der Waals surface area contributed by atoms with Gasteiger partial charge in [-0.1, -0.05) is 18.2 Å². The summed E-state index contributed by atoms with van der Waals surface area (Å²) >= 11 is 0. The Balaban J connectivity index is 1.27. The number of allylic oxidation sites excluding steroid dienone is 1. The van der Waals surface area contributed by atoms with Gasteiger partial charge in [-0.05, 0) is 67.5 Å². The third-order valence-electron chi connectivity index (χ3n) is 7.72. The number of hydrogen-bond acceptors (Lipinski definition) is 5. The number of fused-ring (bicyclic) bond motifs is 2. The minimum Gasteiger partial charge on any atom is -0.465 e. The molecular weight excluding hydrogens is 452 g/mol. The van der Waals surface area contributed by atoms with Crippen molar-refractivity contribution in [1.29, 1.82) is 0 Å². The van der Waals surface area contributed by atoms with Crippen molar-refractivity contribution >= 4 is 34.4 Å². The zero-order valence-electron chi connectivity index (χ0n) is 20.6. The van der Waals surface area contributed by atoms with Crippen LogP contribution in [0.25, 0.3) is 22.6 Å². The normalized spacial score (nSPS) is 19.7. The molecule has 3 aromatic rings. The average molecular weight is 485 g/mol. The highest BCUT2D eigenvalue weighted by atomic mass is 16.3. The lowest BCUT2D eigenvalue weighted by Gasteiger charge is -2.36. The van der Waals surface area contributed by atoms with Crippen LogP contribution in [-0.4, -0.2) is 77.3 Å². The Hall–Kier alpha value is -3.45. The van der Waals surface area contributed by atoms with Gasteiger partial charge in [-0.15, -0.1) is 0 Å². The molecule has 36 heavy (non-hydrogen) atoms. The summed E-state index contributed by atoms with van der Waals surface area (Å²) in [5.74, 6) is 1.10. The second-order valence-corrected chi connectivity index (χ2v) is 10.0. The number of benzene rings is 1. The van der Waals surface area contributed by atoms with Gasteiger partial charge in [0.1, 0.15) is 5.76 Å². The summed E-state index contributed by atoms with van der Waals surface area (Å²) in [6, 6.07) is 11.8. The summed E-state index contributed by atoms with van der Waals surface area (Å²) in [7, 11) is 0. The third kappa shape index (κ3) is 4.44. The van der Waals surface area contributed by atoms with Gasteiger partial charge in [0.2, 0.25) is 5.91 Å². The minimum absolute atomic E-state index is 0.0784. The standard InChI is InChI=1S/C29H32N4O3/c34-26(32-12-3-4-13-32)20-31-14-16-33(17-15-31)29(35)27-23-9-1-2-11-25(23)30-28-21(7-5-10-24(27)28)19-22-8-6-18-36-22/h1-2,6,8-9,11,18-19H,3-5,7,10,12-17,20H2/b21-19-. The first-order chi connectivity index (χ1) is 17.7. The predicted octanol–water partition coefficient (Wildman–Crippen LogP) is 4.08. The molecule has 0 bridgehead atoms. The number of piperazine rings is 1. The lowest BCUT2D eigenvalue weighted by atomic mass is 9.85.